The summed E-state index contributed by atoms with van der Waals surface area (Å²) >= 11 is 0. The average Bonchev–Trinajstić information content (AvgIpc) is 2.94. The maximum atomic E-state index is 9.99. The van der Waals surface area contributed by atoms with Gasteiger partial charge in [-0.25, -0.2) is 5.43 Å². The Kier molecular flexibility index (Phi) is 3.71. The molecule has 0 aliphatic heterocycles. The second-order valence-corrected chi connectivity index (χ2v) is 4.65. The molecular formula is C15H14N4O3. The van der Waals surface area contributed by atoms with Crippen LogP contribution in [0.25, 0.3) is 11.1 Å². The van der Waals surface area contributed by atoms with Crippen LogP contribution in [0.2, 0.25) is 0 Å². The lowest BCUT2D eigenvalue weighted by Gasteiger charge is -2.06. The summed E-state index contributed by atoms with van der Waals surface area (Å²) in [5.41, 5.74) is 5.37. The molecular weight excluding hydrogens is 284 g/mol. The Bertz CT molecular complexity index is 809. The van der Waals surface area contributed by atoms with E-state index in [1.54, 1.807) is 13.0 Å². The summed E-state index contributed by atoms with van der Waals surface area (Å²) in [7, 11) is 0. The highest BCUT2D eigenvalue weighted by molar-refractivity contribution is 5.86. The van der Waals surface area contributed by atoms with Crippen LogP contribution in [-0.2, 0) is 6.61 Å². The number of pyridine rings is 1. The van der Waals surface area contributed by atoms with E-state index >= 15 is 0 Å². The number of anilines is 1. The van der Waals surface area contributed by atoms with Crippen LogP contribution in [-0.4, -0.2) is 26.4 Å². The molecule has 2 heterocycles. The Morgan fingerprint density at radius 3 is 2.95 bits per heavy atom. The predicted molar refractivity (Wildman–Crippen MR) is 81.8 cm³/mol. The van der Waals surface area contributed by atoms with Crippen molar-refractivity contribution < 1.29 is 14.6 Å². The topological polar surface area (TPSA) is 104 Å². The molecule has 2 aromatic heterocycles. The van der Waals surface area contributed by atoms with Gasteiger partial charge >= 0.3 is 6.01 Å². The molecule has 0 unspecified atom stereocenters. The highest BCUT2D eigenvalue weighted by Crippen LogP contribution is 2.22. The number of nitrogens with zero attached hydrogens (tertiary/aromatic N) is 3. The van der Waals surface area contributed by atoms with E-state index in [-0.39, 0.29) is 18.4 Å². The van der Waals surface area contributed by atoms with E-state index in [1.807, 2.05) is 18.2 Å². The molecule has 3 rings (SSSR count). The molecule has 0 saturated carbocycles. The number of nitrogens with one attached hydrogen (secondary N) is 1. The van der Waals surface area contributed by atoms with E-state index in [0.717, 1.165) is 5.52 Å². The van der Waals surface area contributed by atoms with Crippen LogP contribution in [0, 0.1) is 6.92 Å². The number of hydrogen-bond donors (Lipinski definition) is 3. The maximum absolute atomic E-state index is 9.99. The zero-order valence-corrected chi connectivity index (χ0v) is 11.8. The number of oxazole rings is 1. The van der Waals surface area contributed by atoms with Crippen molar-refractivity contribution in [1.29, 1.82) is 0 Å². The Labute approximate surface area is 126 Å². The SMILES string of the molecule is Cc1ncc(CO)c(/C=N/Nc2nc3ccccc3o2)c1O. The fraction of sp³-hybridized carbons (Fsp3) is 0.133. The van der Waals surface area contributed by atoms with Crippen molar-refractivity contribution in [3.8, 4) is 5.75 Å². The van der Waals surface area contributed by atoms with Gasteiger partial charge < -0.3 is 14.6 Å². The molecule has 0 bridgehead atoms. The molecule has 0 spiro atoms. The molecule has 3 N–H and O–H groups in total. The monoisotopic (exact) mass is 298 g/mol. The Hall–Kier alpha value is -2.93. The van der Waals surface area contributed by atoms with E-state index in [1.165, 1.54) is 12.4 Å². The number of rotatable bonds is 4. The molecule has 7 nitrogen and oxygen atoms in total. The lowest BCUT2D eigenvalue weighted by molar-refractivity contribution is 0.280. The zero-order valence-electron chi connectivity index (χ0n) is 11.8. The van der Waals surface area contributed by atoms with Crippen molar-refractivity contribution >= 4 is 23.3 Å². The van der Waals surface area contributed by atoms with Crippen molar-refractivity contribution in [2.45, 2.75) is 13.5 Å². The first-order valence-corrected chi connectivity index (χ1v) is 6.62. The van der Waals surface area contributed by atoms with Crippen LogP contribution in [0.5, 0.6) is 5.75 Å². The first kappa shape index (κ1) is 14.0. The summed E-state index contributed by atoms with van der Waals surface area (Å²) in [6.07, 6.45) is 2.89. The van der Waals surface area contributed by atoms with Crippen LogP contribution < -0.4 is 5.43 Å². The molecule has 7 heteroatoms. The molecule has 1 aromatic carbocycles. The second-order valence-electron chi connectivity index (χ2n) is 4.65. The average molecular weight is 298 g/mol. The summed E-state index contributed by atoms with van der Waals surface area (Å²) in [6.45, 7) is 1.42. The minimum Gasteiger partial charge on any atom is -0.505 e. The van der Waals surface area contributed by atoms with E-state index in [9.17, 15) is 10.2 Å². The van der Waals surface area contributed by atoms with Gasteiger partial charge in [0.25, 0.3) is 0 Å². The standard InChI is InChI=1S/C15H14N4O3/c1-9-14(21)11(10(8-20)6-16-9)7-17-19-15-18-12-4-2-3-5-13(12)22-15/h2-7,20-21H,8H2,1H3,(H,18,19)/b17-7+. The van der Waals surface area contributed by atoms with Crippen LogP contribution >= 0.6 is 0 Å². The van der Waals surface area contributed by atoms with Gasteiger partial charge in [-0.3, -0.25) is 4.98 Å². The Morgan fingerprint density at radius 1 is 1.36 bits per heavy atom. The number of hydrogen-bond acceptors (Lipinski definition) is 7. The number of aliphatic hydroxyl groups excluding tert-OH is 1. The van der Waals surface area contributed by atoms with Crippen molar-refractivity contribution in [3.05, 3.63) is 47.3 Å². The van der Waals surface area contributed by atoms with Gasteiger partial charge in [0.1, 0.15) is 11.3 Å². The first-order chi connectivity index (χ1) is 10.7. The molecule has 0 fully saturated rings. The lowest BCUT2D eigenvalue weighted by atomic mass is 10.1. The molecule has 0 saturated heterocycles. The highest BCUT2D eigenvalue weighted by atomic mass is 16.4. The fourth-order valence-electron chi connectivity index (χ4n) is 1.99. The molecule has 0 radical (unpaired) electrons. The number of aromatic hydroxyl groups is 1. The number of benzene rings is 1. The van der Waals surface area contributed by atoms with Gasteiger partial charge in [-0.2, -0.15) is 10.1 Å². The molecule has 0 atom stereocenters. The van der Waals surface area contributed by atoms with Crippen molar-refractivity contribution in [3.63, 3.8) is 0 Å². The fourth-order valence-corrected chi connectivity index (χ4v) is 1.99. The third-order valence-electron chi connectivity index (χ3n) is 3.18. The summed E-state index contributed by atoms with van der Waals surface area (Å²) in [5.74, 6) is -0.0188. The Balaban J connectivity index is 1.84. The van der Waals surface area contributed by atoms with Gasteiger partial charge in [-0.1, -0.05) is 12.1 Å². The van der Waals surface area contributed by atoms with Crippen LogP contribution in [0.3, 0.4) is 0 Å². The van der Waals surface area contributed by atoms with E-state index in [2.05, 4.69) is 20.5 Å². The number of aliphatic hydroxyl groups is 1. The third-order valence-corrected chi connectivity index (χ3v) is 3.18. The van der Waals surface area contributed by atoms with E-state index in [0.29, 0.717) is 22.4 Å². The summed E-state index contributed by atoms with van der Waals surface area (Å²) < 4.78 is 5.46. The van der Waals surface area contributed by atoms with Gasteiger partial charge in [-0.15, -0.1) is 0 Å². The zero-order chi connectivity index (χ0) is 15.5. The van der Waals surface area contributed by atoms with Crippen molar-refractivity contribution in [2.24, 2.45) is 5.10 Å². The van der Waals surface area contributed by atoms with Gasteiger partial charge in [0.2, 0.25) is 0 Å². The van der Waals surface area contributed by atoms with Crippen LogP contribution in [0.1, 0.15) is 16.8 Å². The summed E-state index contributed by atoms with van der Waals surface area (Å²) in [6, 6.07) is 7.59. The maximum Gasteiger partial charge on any atom is 0.316 e. The van der Waals surface area contributed by atoms with Gasteiger partial charge in [0, 0.05) is 17.3 Å². The number of fused-ring (bicyclic) bond motifs is 1. The number of hydrazone groups is 1. The first-order valence-electron chi connectivity index (χ1n) is 6.62. The quantitative estimate of drug-likeness (QED) is 0.504. The van der Waals surface area contributed by atoms with Crippen molar-refractivity contribution in [2.75, 3.05) is 5.43 Å². The molecule has 0 amide bonds. The van der Waals surface area contributed by atoms with Crippen LogP contribution in [0.15, 0.2) is 40.0 Å². The minimum absolute atomic E-state index is 0.0188. The van der Waals surface area contributed by atoms with Gasteiger partial charge in [-0.05, 0) is 19.1 Å². The molecule has 3 aromatic rings. The lowest BCUT2D eigenvalue weighted by Crippen LogP contribution is -1.99. The smallest absolute Gasteiger partial charge is 0.316 e. The summed E-state index contributed by atoms with van der Waals surface area (Å²) in [4.78, 5) is 8.19. The Morgan fingerprint density at radius 2 is 2.18 bits per heavy atom. The van der Waals surface area contributed by atoms with Gasteiger partial charge in [0.15, 0.2) is 5.58 Å². The number of aromatic nitrogens is 2. The predicted octanol–water partition coefficient (Wildman–Crippen LogP) is 2.18. The largest absolute Gasteiger partial charge is 0.505 e. The van der Waals surface area contributed by atoms with E-state index in [4.69, 9.17) is 4.42 Å². The minimum atomic E-state index is -0.245. The molecule has 112 valence electrons. The van der Waals surface area contributed by atoms with Crippen LogP contribution in [0.4, 0.5) is 6.01 Å². The highest BCUT2D eigenvalue weighted by Gasteiger charge is 2.09. The molecule has 0 aliphatic rings. The van der Waals surface area contributed by atoms with Crippen molar-refractivity contribution in [1.82, 2.24) is 9.97 Å². The number of para-hydroxylation sites is 2. The summed E-state index contributed by atoms with van der Waals surface area (Å²) in [5, 5.41) is 23.3. The normalized spacial score (nSPS) is 11.4. The second kappa shape index (κ2) is 5.82. The van der Waals surface area contributed by atoms with E-state index < -0.39 is 0 Å². The molecule has 22 heavy (non-hydrogen) atoms. The van der Waals surface area contributed by atoms with Gasteiger partial charge in [0.05, 0.1) is 18.5 Å². The third kappa shape index (κ3) is 2.61. The number of aryl methyl sites for hydroxylation is 1. The molecule has 0 aliphatic carbocycles.